The molecule has 0 radical (unpaired) electrons. The number of anilines is 2. The number of hydrogen-bond acceptors (Lipinski definition) is 6. The average Bonchev–Trinajstić information content (AvgIpc) is 3.17. The van der Waals surface area contributed by atoms with Crippen molar-refractivity contribution in [2.75, 3.05) is 17.7 Å². The lowest BCUT2D eigenvalue weighted by Crippen LogP contribution is -2.43. The van der Waals surface area contributed by atoms with Gasteiger partial charge in [-0.2, -0.15) is 4.98 Å². The molecule has 1 aliphatic heterocycles. The van der Waals surface area contributed by atoms with Gasteiger partial charge in [-0.3, -0.25) is 24.8 Å². The minimum Gasteiger partial charge on any atom is -0.496 e. The van der Waals surface area contributed by atoms with E-state index in [1.807, 2.05) is 12.1 Å². The van der Waals surface area contributed by atoms with Crippen LogP contribution in [-0.2, 0) is 9.59 Å². The van der Waals surface area contributed by atoms with E-state index >= 15 is 0 Å². The first-order valence-electron chi connectivity index (χ1n) is 9.11. The second-order valence-electron chi connectivity index (χ2n) is 6.52. The SMILES string of the molecule is COc1ccccc1-c1nc(NC(=O)C[C@@H]2NC(=O)c3ccccc3NC2=O)n[nH]1. The highest BCUT2D eigenvalue weighted by Crippen LogP contribution is 2.27. The molecule has 0 saturated carbocycles. The predicted molar refractivity (Wildman–Crippen MR) is 108 cm³/mol. The zero-order valence-electron chi connectivity index (χ0n) is 15.9. The zero-order valence-corrected chi connectivity index (χ0v) is 15.9. The quantitative estimate of drug-likeness (QED) is 0.507. The van der Waals surface area contributed by atoms with Gasteiger partial charge in [-0.25, -0.2) is 0 Å². The molecule has 0 fully saturated rings. The normalized spacial score (nSPS) is 15.4. The van der Waals surface area contributed by atoms with Gasteiger partial charge in [0, 0.05) is 0 Å². The number of nitrogens with one attached hydrogen (secondary N) is 4. The Morgan fingerprint density at radius 1 is 1.10 bits per heavy atom. The van der Waals surface area contributed by atoms with Crippen LogP contribution in [0, 0.1) is 0 Å². The Morgan fingerprint density at radius 2 is 1.83 bits per heavy atom. The molecule has 2 aromatic carbocycles. The van der Waals surface area contributed by atoms with Crippen molar-refractivity contribution in [2.45, 2.75) is 12.5 Å². The Balaban J connectivity index is 1.44. The molecule has 4 N–H and O–H groups in total. The van der Waals surface area contributed by atoms with Gasteiger partial charge in [0.1, 0.15) is 11.8 Å². The number of rotatable bonds is 5. The number of hydrogen-bond donors (Lipinski definition) is 4. The van der Waals surface area contributed by atoms with Crippen LogP contribution in [0.2, 0.25) is 0 Å². The molecule has 10 nitrogen and oxygen atoms in total. The fourth-order valence-corrected chi connectivity index (χ4v) is 3.09. The lowest BCUT2D eigenvalue weighted by Gasteiger charge is -2.13. The van der Waals surface area contributed by atoms with Gasteiger partial charge in [0.15, 0.2) is 5.82 Å². The summed E-state index contributed by atoms with van der Waals surface area (Å²) in [5, 5.41) is 14.5. The second-order valence-corrected chi connectivity index (χ2v) is 6.52. The van der Waals surface area contributed by atoms with Gasteiger partial charge < -0.3 is 15.4 Å². The van der Waals surface area contributed by atoms with Gasteiger partial charge in [0.05, 0.1) is 30.3 Å². The Kier molecular flexibility index (Phi) is 5.12. The second kappa shape index (κ2) is 8.03. The number of para-hydroxylation sites is 2. The monoisotopic (exact) mass is 406 g/mol. The van der Waals surface area contributed by atoms with Crippen LogP contribution in [0.3, 0.4) is 0 Å². The number of carbonyl (C=O) groups is 3. The van der Waals surface area contributed by atoms with Crippen LogP contribution in [-0.4, -0.2) is 46.1 Å². The summed E-state index contributed by atoms with van der Waals surface area (Å²) in [4.78, 5) is 41.4. The first-order chi connectivity index (χ1) is 14.5. The van der Waals surface area contributed by atoms with Crippen molar-refractivity contribution in [1.82, 2.24) is 20.5 Å². The standard InChI is InChI=1S/C20H18N6O4/c1-30-15-9-5-3-7-12(15)17-24-20(26-25-17)23-16(27)10-14-19(29)21-13-8-4-2-6-11(13)18(28)22-14/h2-9,14H,10H2,1H3,(H,21,29)(H,22,28)(H2,23,24,25,26,27)/t14-/m0/s1. The largest absolute Gasteiger partial charge is 0.496 e. The van der Waals surface area contributed by atoms with Gasteiger partial charge in [0.25, 0.3) is 5.91 Å². The molecular formula is C20H18N6O4. The van der Waals surface area contributed by atoms with E-state index in [1.165, 1.54) is 0 Å². The zero-order chi connectivity index (χ0) is 21.1. The number of aromatic nitrogens is 3. The van der Waals surface area contributed by atoms with E-state index in [-0.39, 0.29) is 12.4 Å². The van der Waals surface area contributed by atoms with Crippen molar-refractivity contribution in [2.24, 2.45) is 0 Å². The molecule has 1 aromatic heterocycles. The number of methoxy groups -OCH3 is 1. The van der Waals surface area contributed by atoms with Crippen molar-refractivity contribution < 1.29 is 19.1 Å². The van der Waals surface area contributed by atoms with E-state index < -0.39 is 23.8 Å². The Hall–Kier alpha value is -4.21. The third-order valence-electron chi connectivity index (χ3n) is 4.54. The summed E-state index contributed by atoms with van der Waals surface area (Å²) < 4.78 is 5.29. The summed E-state index contributed by atoms with van der Waals surface area (Å²) >= 11 is 0. The highest BCUT2D eigenvalue weighted by atomic mass is 16.5. The van der Waals surface area contributed by atoms with Gasteiger partial charge >= 0.3 is 0 Å². The molecule has 3 amide bonds. The summed E-state index contributed by atoms with van der Waals surface area (Å²) in [6.07, 6.45) is -0.274. The molecule has 0 spiro atoms. The minimum absolute atomic E-state index is 0.0459. The van der Waals surface area contributed by atoms with Crippen molar-refractivity contribution in [3.8, 4) is 17.1 Å². The molecule has 3 aromatic rings. The molecule has 0 unspecified atom stereocenters. The lowest BCUT2D eigenvalue weighted by molar-refractivity contribution is -0.122. The topological polar surface area (TPSA) is 138 Å². The van der Waals surface area contributed by atoms with Crippen LogP contribution in [0.5, 0.6) is 5.75 Å². The van der Waals surface area contributed by atoms with Crippen molar-refractivity contribution in [3.63, 3.8) is 0 Å². The number of carbonyl (C=O) groups excluding carboxylic acids is 3. The van der Waals surface area contributed by atoms with E-state index in [1.54, 1.807) is 43.5 Å². The maximum absolute atomic E-state index is 12.4. The number of amides is 3. The first-order valence-corrected chi connectivity index (χ1v) is 9.11. The van der Waals surface area contributed by atoms with Gasteiger partial charge in [-0.05, 0) is 24.3 Å². The average molecular weight is 406 g/mol. The molecule has 1 atom stereocenters. The number of nitrogens with zero attached hydrogens (tertiary/aromatic N) is 2. The number of H-pyrrole nitrogens is 1. The third-order valence-corrected chi connectivity index (χ3v) is 4.54. The summed E-state index contributed by atoms with van der Waals surface area (Å²) in [6.45, 7) is 0. The van der Waals surface area contributed by atoms with E-state index in [2.05, 4.69) is 31.1 Å². The third kappa shape index (κ3) is 3.83. The molecule has 4 rings (SSSR count). The lowest BCUT2D eigenvalue weighted by atomic mass is 10.1. The van der Waals surface area contributed by atoms with E-state index in [4.69, 9.17) is 4.74 Å². The Morgan fingerprint density at radius 3 is 2.63 bits per heavy atom. The fourth-order valence-electron chi connectivity index (χ4n) is 3.09. The summed E-state index contributed by atoms with van der Waals surface area (Å²) in [5.74, 6) is -0.370. The van der Waals surface area contributed by atoms with Crippen LogP contribution < -0.4 is 20.7 Å². The number of fused-ring (bicyclic) bond motifs is 1. The Labute approximate surface area is 171 Å². The molecule has 1 aliphatic rings. The van der Waals surface area contributed by atoms with Crippen LogP contribution in [0.15, 0.2) is 48.5 Å². The van der Waals surface area contributed by atoms with Gasteiger partial charge in [-0.15, -0.1) is 5.10 Å². The highest BCUT2D eigenvalue weighted by Gasteiger charge is 2.29. The smallest absolute Gasteiger partial charge is 0.254 e. The maximum Gasteiger partial charge on any atom is 0.254 e. The minimum atomic E-state index is -1.03. The number of aromatic amines is 1. The van der Waals surface area contributed by atoms with Gasteiger partial charge in [-0.1, -0.05) is 24.3 Å². The molecule has 0 bridgehead atoms. The Bertz CT molecular complexity index is 1130. The van der Waals surface area contributed by atoms with Crippen LogP contribution >= 0.6 is 0 Å². The van der Waals surface area contributed by atoms with Gasteiger partial charge in [0.2, 0.25) is 17.8 Å². The molecule has 152 valence electrons. The summed E-state index contributed by atoms with van der Waals surface area (Å²) in [5.41, 5.74) is 1.42. The molecule has 2 heterocycles. The van der Waals surface area contributed by atoms with Crippen molar-refractivity contribution in [3.05, 3.63) is 54.1 Å². The van der Waals surface area contributed by atoms with Crippen LogP contribution in [0.4, 0.5) is 11.6 Å². The van der Waals surface area contributed by atoms with E-state index in [0.717, 1.165) is 0 Å². The van der Waals surface area contributed by atoms with Crippen LogP contribution in [0.25, 0.3) is 11.4 Å². The van der Waals surface area contributed by atoms with Crippen molar-refractivity contribution >= 4 is 29.4 Å². The van der Waals surface area contributed by atoms with Crippen molar-refractivity contribution in [1.29, 1.82) is 0 Å². The molecule has 0 aliphatic carbocycles. The molecule has 30 heavy (non-hydrogen) atoms. The fraction of sp³-hybridized carbons (Fsp3) is 0.150. The predicted octanol–water partition coefficient (Wildman–Crippen LogP) is 1.56. The number of ether oxygens (including phenoxy) is 1. The summed E-state index contributed by atoms with van der Waals surface area (Å²) in [6, 6.07) is 12.8. The molecule has 10 heteroatoms. The first kappa shape index (κ1) is 19.1. The molecular weight excluding hydrogens is 388 g/mol. The highest BCUT2D eigenvalue weighted by molar-refractivity contribution is 6.11. The van der Waals surface area contributed by atoms with E-state index in [9.17, 15) is 14.4 Å². The maximum atomic E-state index is 12.4. The molecule has 0 saturated heterocycles. The number of benzene rings is 2. The van der Waals surface area contributed by atoms with Crippen LogP contribution in [0.1, 0.15) is 16.8 Å². The summed E-state index contributed by atoms with van der Waals surface area (Å²) in [7, 11) is 1.54. The van der Waals surface area contributed by atoms with E-state index in [0.29, 0.717) is 28.4 Å².